The molecule has 0 unspecified atom stereocenters. The van der Waals surface area contributed by atoms with E-state index in [1.54, 1.807) is 6.07 Å². The summed E-state index contributed by atoms with van der Waals surface area (Å²) in [7, 11) is 0. The summed E-state index contributed by atoms with van der Waals surface area (Å²) in [4.78, 5) is 17.0. The van der Waals surface area contributed by atoms with Crippen molar-refractivity contribution in [1.29, 1.82) is 0 Å². The van der Waals surface area contributed by atoms with Gasteiger partial charge < -0.3 is 15.0 Å². The second-order valence-corrected chi connectivity index (χ2v) is 6.42. The molecule has 0 saturated heterocycles. The molecule has 5 nitrogen and oxygen atoms in total. The van der Waals surface area contributed by atoms with Gasteiger partial charge in [0.25, 0.3) is 0 Å². The third kappa shape index (κ3) is 2.98. The number of carbonyl (C=O) groups excluding carboxylic acids is 1. The van der Waals surface area contributed by atoms with Crippen molar-refractivity contribution in [3.05, 3.63) is 65.1 Å². The van der Waals surface area contributed by atoms with Crippen LogP contribution in [0.3, 0.4) is 0 Å². The molecule has 4 rings (SSSR count). The summed E-state index contributed by atoms with van der Waals surface area (Å²) < 4.78 is 2.02. The molecule has 2 aromatic carbocycles. The van der Waals surface area contributed by atoms with E-state index in [-0.39, 0.29) is 18.1 Å². The molecular weight excluding hydrogens is 338 g/mol. The predicted molar refractivity (Wildman–Crippen MR) is 98.6 cm³/mol. The Labute approximate surface area is 149 Å². The number of imidazole rings is 1. The van der Waals surface area contributed by atoms with Crippen molar-refractivity contribution >= 4 is 39.8 Å². The number of benzene rings is 2. The topological polar surface area (TPSA) is 67.1 Å². The lowest BCUT2D eigenvalue weighted by atomic mass is 10.0. The quantitative estimate of drug-likeness (QED) is 0.733. The number of aliphatic hydroxyl groups is 1. The summed E-state index contributed by atoms with van der Waals surface area (Å²) >= 11 is 6.05. The van der Waals surface area contributed by atoms with E-state index in [1.807, 2.05) is 47.0 Å². The molecule has 1 aliphatic heterocycles. The highest BCUT2D eigenvalue weighted by Gasteiger charge is 2.24. The van der Waals surface area contributed by atoms with Crippen LogP contribution in [0.15, 0.2) is 54.3 Å². The number of amides is 1. The zero-order valence-electron chi connectivity index (χ0n) is 13.4. The standard InChI is InChI=1S/C19H16ClN3O2/c20-12-6-7-16-15(10-12)22-19-14(17(24)8-9-23(16)19)11-18(25)21-13-4-2-1-3-5-13/h1-7,10,24H,8-9,11H2,(H,21,25). The Morgan fingerprint density at radius 1 is 1.24 bits per heavy atom. The first-order valence-corrected chi connectivity index (χ1v) is 8.41. The zero-order valence-corrected chi connectivity index (χ0v) is 14.1. The van der Waals surface area contributed by atoms with Crippen molar-refractivity contribution in [3.63, 3.8) is 0 Å². The van der Waals surface area contributed by atoms with Gasteiger partial charge in [0.1, 0.15) is 11.6 Å². The summed E-state index contributed by atoms with van der Waals surface area (Å²) in [5, 5.41) is 13.8. The lowest BCUT2D eigenvalue weighted by molar-refractivity contribution is -0.115. The van der Waals surface area contributed by atoms with Crippen LogP contribution in [0.1, 0.15) is 18.7 Å². The third-order valence-electron chi connectivity index (χ3n) is 4.30. The second-order valence-electron chi connectivity index (χ2n) is 5.99. The van der Waals surface area contributed by atoms with Gasteiger partial charge >= 0.3 is 0 Å². The van der Waals surface area contributed by atoms with Crippen LogP contribution >= 0.6 is 11.6 Å². The molecule has 1 aliphatic rings. The van der Waals surface area contributed by atoms with Gasteiger partial charge in [-0.2, -0.15) is 0 Å². The number of hydrogen-bond acceptors (Lipinski definition) is 3. The van der Waals surface area contributed by atoms with Crippen LogP contribution < -0.4 is 5.32 Å². The van der Waals surface area contributed by atoms with Crippen LogP contribution in [0.5, 0.6) is 0 Å². The summed E-state index contributed by atoms with van der Waals surface area (Å²) in [6, 6.07) is 14.8. The maximum atomic E-state index is 12.4. The van der Waals surface area contributed by atoms with Crippen molar-refractivity contribution in [3.8, 4) is 0 Å². The number of aliphatic hydroxyl groups excluding tert-OH is 1. The number of nitrogens with one attached hydrogen (secondary N) is 1. The average Bonchev–Trinajstić information content (AvgIpc) is 2.96. The number of fused-ring (bicyclic) bond motifs is 3. The van der Waals surface area contributed by atoms with E-state index in [4.69, 9.17) is 11.6 Å². The number of rotatable bonds is 3. The van der Waals surface area contributed by atoms with Gasteiger partial charge in [-0.1, -0.05) is 29.8 Å². The minimum Gasteiger partial charge on any atom is -0.512 e. The predicted octanol–water partition coefficient (Wildman–Crippen LogP) is 4.39. The van der Waals surface area contributed by atoms with E-state index < -0.39 is 0 Å². The molecule has 0 aliphatic carbocycles. The highest BCUT2D eigenvalue weighted by atomic mass is 35.5. The minimum absolute atomic E-state index is 0.0672. The largest absolute Gasteiger partial charge is 0.512 e. The van der Waals surface area contributed by atoms with E-state index in [1.165, 1.54) is 0 Å². The van der Waals surface area contributed by atoms with E-state index in [9.17, 15) is 9.90 Å². The maximum Gasteiger partial charge on any atom is 0.229 e. The highest BCUT2D eigenvalue weighted by Crippen LogP contribution is 2.32. The fourth-order valence-corrected chi connectivity index (χ4v) is 3.29. The first-order chi connectivity index (χ1) is 12.1. The Hall–Kier alpha value is -2.79. The first kappa shape index (κ1) is 15.7. The Kier molecular flexibility index (Phi) is 3.93. The molecule has 2 heterocycles. The van der Waals surface area contributed by atoms with Gasteiger partial charge in [0.15, 0.2) is 0 Å². The van der Waals surface area contributed by atoms with Crippen LogP contribution in [-0.4, -0.2) is 20.6 Å². The zero-order chi connectivity index (χ0) is 17.4. The number of nitrogens with zero attached hydrogens (tertiary/aromatic N) is 2. The molecule has 0 fully saturated rings. The van der Waals surface area contributed by atoms with Gasteiger partial charge in [0.05, 0.1) is 17.5 Å². The van der Waals surface area contributed by atoms with Crippen LogP contribution in [0.25, 0.3) is 16.6 Å². The number of halogens is 1. The van der Waals surface area contributed by atoms with Crippen molar-refractivity contribution in [2.45, 2.75) is 19.4 Å². The number of para-hydroxylation sites is 1. The smallest absolute Gasteiger partial charge is 0.229 e. The molecule has 25 heavy (non-hydrogen) atoms. The molecule has 0 saturated carbocycles. The summed E-state index contributed by atoms with van der Waals surface area (Å²) in [6.45, 7) is 0.628. The Morgan fingerprint density at radius 2 is 2.04 bits per heavy atom. The summed E-state index contributed by atoms with van der Waals surface area (Å²) in [5.74, 6) is 0.660. The molecule has 0 spiro atoms. The Bertz CT molecular complexity index is 993. The first-order valence-electron chi connectivity index (χ1n) is 8.04. The van der Waals surface area contributed by atoms with Crippen molar-refractivity contribution in [2.24, 2.45) is 0 Å². The molecular formula is C19H16ClN3O2. The lowest BCUT2D eigenvalue weighted by Crippen LogP contribution is -2.17. The van der Waals surface area contributed by atoms with E-state index in [0.717, 1.165) is 16.7 Å². The van der Waals surface area contributed by atoms with Gasteiger partial charge in [0.2, 0.25) is 5.91 Å². The SMILES string of the molecule is O=C(CC1=C(O)CCn2c1nc1cc(Cl)ccc12)Nc1ccccc1. The molecule has 126 valence electrons. The van der Waals surface area contributed by atoms with Gasteiger partial charge in [-0.3, -0.25) is 4.79 Å². The van der Waals surface area contributed by atoms with Gasteiger partial charge in [-0.05, 0) is 30.3 Å². The third-order valence-corrected chi connectivity index (χ3v) is 4.53. The second kappa shape index (κ2) is 6.26. The minimum atomic E-state index is -0.189. The average molecular weight is 354 g/mol. The van der Waals surface area contributed by atoms with E-state index in [0.29, 0.717) is 29.4 Å². The molecule has 0 radical (unpaired) electrons. The molecule has 1 aromatic heterocycles. The number of anilines is 1. The van der Waals surface area contributed by atoms with Gasteiger partial charge in [-0.15, -0.1) is 0 Å². The van der Waals surface area contributed by atoms with E-state index in [2.05, 4.69) is 10.3 Å². The monoisotopic (exact) mass is 353 g/mol. The molecule has 3 aromatic rings. The number of aryl methyl sites for hydroxylation is 1. The molecule has 6 heteroatoms. The van der Waals surface area contributed by atoms with Crippen LogP contribution in [-0.2, 0) is 11.3 Å². The van der Waals surface area contributed by atoms with Crippen molar-refractivity contribution < 1.29 is 9.90 Å². The number of carbonyl (C=O) groups is 1. The number of hydrogen-bond donors (Lipinski definition) is 2. The van der Waals surface area contributed by atoms with Crippen LogP contribution in [0.4, 0.5) is 5.69 Å². The molecule has 1 amide bonds. The number of aromatic nitrogens is 2. The Balaban J connectivity index is 1.66. The van der Waals surface area contributed by atoms with Crippen LogP contribution in [0, 0.1) is 0 Å². The van der Waals surface area contributed by atoms with Gasteiger partial charge in [-0.25, -0.2) is 4.98 Å². The van der Waals surface area contributed by atoms with Crippen molar-refractivity contribution in [1.82, 2.24) is 9.55 Å². The normalized spacial score (nSPS) is 13.8. The summed E-state index contributed by atoms with van der Waals surface area (Å²) in [6.07, 6.45) is 0.548. The fourth-order valence-electron chi connectivity index (χ4n) is 3.13. The lowest BCUT2D eigenvalue weighted by Gasteiger charge is -2.19. The van der Waals surface area contributed by atoms with Gasteiger partial charge in [0, 0.05) is 29.2 Å². The maximum absolute atomic E-state index is 12.4. The van der Waals surface area contributed by atoms with Crippen LogP contribution in [0.2, 0.25) is 5.02 Å². The molecule has 2 N–H and O–H groups in total. The molecule has 0 atom stereocenters. The number of allylic oxidation sites excluding steroid dienone is 1. The fraction of sp³-hybridized carbons (Fsp3) is 0.158. The Morgan fingerprint density at radius 3 is 2.84 bits per heavy atom. The molecule has 0 bridgehead atoms. The van der Waals surface area contributed by atoms with Crippen molar-refractivity contribution in [2.75, 3.05) is 5.32 Å². The van der Waals surface area contributed by atoms with E-state index >= 15 is 0 Å². The highest BCUT2D eigenvalue weighted by molar-refractivity contribution is 6.31. The summed E-state index contributed by atoms with van der Waals surface area (Å²) in [5.41, 5.74) is 3.00.